The van der Waals surface area contributed by atoms with E-state index in [4.69, 9.17) is 0 Å². The van der Waals surface area contributed by atoms with Crippen LogP contribution in [0.15, 0.2) is 35.7 Å². The van der Waals surface area contributed by atoms with E-state index in [-0.39, 0.29) is 29.6 Å². The molecule has 1 N–H and O–H groups in total. The molecule has 1 unspecified atom stereocenters. The molecule has 1 aromatic carbocycles. The molecule has 3 rings (SSSR count). The lowest BCUT2D eigenvalue weighted by atomic mass is 9.92. The minimum atomic E-state index is -3.50. The van der Waals surface area contributed by atoms with Crippen LogP contribution >= 0.6 is 0 Å². The Bertz CT molecular complexity index is 906. The predicted octanol–water partition coefficient (Wildman–Crippen LogP) is 2.71. The van der Waals surface area contributed by atoms with Crippen LogP contribution in [0, 0.1) is 17.8 Å². The lowest BCUT2D eigenvalue weighted by Crippen LogP contribution is -2.48. The van der Waals surface area contributed by atoms with Gasteiger partial charge < -0.3 is 10.2 Å². The van der Waals surface area contributed by atoms with E-state index < -0.39 is 10.0 Å². The predicted molar refractivity (Wildman–Crippen MR) is 126 cm³/mol. The van der Waals surface area contributed by atoms with Crippen LogP contribution in [0.5, 0.6) is 0 Å². The van der Waals surface area contributed by atoms with Gasteiger partial charge in [0, 0.05) is 50.0 Å². The maximum Gasteiger partial charge on any atom is 0.236 e. The number of carbonyl (C=O) groups is 2. The van der Waals surface area contributed by atoms with E-state index in [0.29, 0.717) is 39.0 Å². The highest BCUT2D eigenvalue weighted by Gasteiger charge is 2.34. The Morgan fingerprint density at radius 2 is 1.78 bits per heavy atom. The van der Waals surface area contributed by atoms with Crippen molar-refractivity contribution in [3.05, 3.63) is 41.3 Å². The molecule has 2 amide bonds. The number of sulfonamides is 1. The zero-order chi connectivity index (χ0) is 23.1. The van der Waals surface area contributed by atoms with Gasteiger partial charge in [-0.1, -0.05) is 44.2 Å². The van der Waals surface area contributed by atoms with Gasteiger partial charge in [-0.3, -0.25) is 9.59 Å². The molecule has 0 radical (unpaired) electrons. The molecule has 0 spiro atoms. The van der Waals surface area contributed by atoms with E-state index in [1.165, 1.54) is 9.71 Å². The summed E-state index contributed by atoms with van der Waals surface area (Å²) in [4.78, 5) is 26.8. The van der Waals surface area contributed by atoms with Gasteiger partial charge in [-0.15, -0.1) is 0 Å². The zero-order valence-corrected chi connectivity index (χ0v) is 19.9. The number of nitrogens with zero attached hydrogens (tertiary/aromatic N) is 2. The van der Waals surface area contributed by atoms with Crippen LogP contribution in [-0.4, -0.2) is 62.2 Å². The summed E-state index contributed by atoms with van der Waals surface area (Å²) in [5, 5.41) is 4.24. The third-order valence-corrected chi connectivity index (χ3v) is 7.88. The van der Waals surface area contributed by atoms with Gasteiger partial charge >= 0.3 is 0 Å². The highest BCUT2D eigenvalue weighted by molar-refractivity contribution is 7.92. The number of amides is 2. The summed E-state index contributed by atoms with van der Waals surface area (Å²) in [7, 11) is -3.50. The second-order valence-electron chi connectivity index (χ2n) is 9.12. The quantitative estimate of drug-likeness (QED) is 0.676. The van der Waals surface area contributed by atoms with Crippen molar-refractivity contribution in [2.45, 2.75) is 39.5 Å². The number of nitrogens with one attached hydrogen (secondary N) is 1. The molecule has 0 aliphatic carbocycles. The van der Waals surface area contributed by atoms with Crippen LogP contribution in [0.3, 0.4) is 0 Å². The Labute approximate surface area is 191 Å². The molecule has 1 atom stereocenters. The Morgan fingerprint density at radius 3 is 2.44 bits per heavy atom. The first-order chi connectivity index (χ1) is 15.3. The number of piperidine rings is 2. The van der Waals surface area contributed by atoms with Gasteiger partial charge in [-0.2, -0.15) is 4.31 Å². The molecular weight excluding hydrogens is 426 g/mol. The molecule has 0 aromatic heterocycles. The van der Waals surface area contributed by atoms with Crippen LogP contribution in [0.2, 0.25) is 0 Å². The topological polar surface area (TPSA) is 86.8 Å². The molecule has 2 heterocycles. The summed E-state index contributed by atoms with van der Waals surface area (Å²) in [5.41, 5.74) is 0.838. The molecule has 2 aliphatic heterocycles. The summed E-state index contributed by atoms with van der Waals surface area (Å²) in [5.74, 6) is 0.271. The first kappa shape index (κ1) is 24.5. The monoisotopic (exact) mass is 461 g/mol. The molecule has 2 aliphatic rings. The highest BCUT2D eigenvalue weighted by Crippen LogP contribution is 2.25. The SMILES string of the molecule is CC(C)C(=O)NCC1CCCN(C(=O)C2CCN(S(=O)(=O)/C=C/c3ccccc3)CC2)C1. The maximum atomic E-state index is 13.1. The van der Waals surface area contributed by atoms with Gasteiger partial charge in [0.15, 0.2) is 0 Å². The fraction of sp³-hybridized carbons (Fsp3) is 0.583. The standard InChI is InChI=1S/C24H35N3O4S/c1-19(2)23(28)25-17-21-9-6-13-26(18-21)24(29)22-10-14-27(15-11-22)32(30,31)16-12-20-7-4-3-5-8-20/h3-5,7-8,12,16,19,21-22H,6,9-11,13-15,17-18H2,1-2H3,(H,25,28)/b16-12+. The maximum absolute atomic E-state index is 13.1. The minimum absolute atomic E-state index is 0.0414. The van der Waals surface area contributed by atoms with Gasteiger partial charge in [0.05, 0.1) is 0 Å². The van der Waals surface area contributed by atoms with Crippen molar-refractivity contribution in [3.8, 4) is 0 Å². The van der Waals surface area contributed by atoms with E-state index in [9.17, 15) is 18.0 Å². The smallest absolute Gasteiger partial charge is 0.236 e. The number of hydrogen-bond acceptors (Lipinski definition) is 4. The average molecular weight is 462 g/mol. The van der Waals surface area contributed by atoms with Gasteiger partial charge in [0.2, 0.25) is 21.8 Å². The van der Waals surface area contributed by atoms with Crippen molar-refractivity contribution in [1.82, 2.24) is 14.5 Å². The molecule has 0 bridgehead atoms. The number of benzene rings is 1. The molecule has 8 heteroatoms. The lowest BCUT2D eigenvalue weighted by molar-refractivity contribution is -0.138. The van der Waals surface area contributed by atoms with Crippen LogP contribution in [0.1, 0.15) is 45.1 Å². The van der Waals surface area contributed by atoms with Crippen molar-refractivity contribution >= 4 is 27.9 Å². The van der Waals surface area contributed by atoms with Crippen LogP contribution in [-0.2, 0) is 19.6 Å². The van der Waals surface area contributed by atoms with Crippen molar-refractivity contribution in [1.29, 1.82) is 0 Å². The summed E-state index contributed by atoms with van der Waals surface area (Å²) < 4.78 is 26.8. The van der Waals surface area contributed by atoms with Gasteiger partial charge in [-0.05, 0) is 43.2 Å². The number of rotatable bonds is 7. The van der Waals surface area contributed by atoms with Gasteiger partial charge in [-0.25, -0.2) is 8.42 Å². The molecule has 0 saturated carbocycles. The van der Waals surface area contributed by atoms with Gasteiger partial charge in [0.1, 0.15) is 0 Å². The molecule has 1 aromatic rings. The van der Waals surface area contributed by atoms with Crippen molar-refractivity contribution in [2.24, 2.45) is 17.8 Å². The zero-order valence-electron chi connectivity index (χ0n) is 19.1. The summed E-state index contributed by atoms with van der Waals surface area (Å²) in [6.45, 7) is 6.47. The van der Waals surface area contributed by atoms with E-state index in [2.05, 4.69) is 5.32 Å². The molecule has 7 nitrogen and oxygen atoms in total. The van der Waals surface area contributed by atoms with Crippen molar-refractivity contribution in [2.75, 3.05) is 32.7 Å². The second kappa shape index (κ2) is 11.1. The Hall–Kier alpha value is -2.19. The molecule has 176 valence electrons. The Balaban J connectivity index is 1.49. The largest absolute Gasteiger partial charge is 0.356 e. The summed E-state index contributed by atoms with van der Waals surface area (Å²) >= 11 is 0. The lowest BCUT2D eigenvalue weighted by Gasteiger charge is -2.37. The number of likely N-dealkylation sites (tertiary alicyclic amines) is 1. The molecule has 32 heavy (non-hydrogen) atoms. The third-order valence-electron chi connectivity index (χ3n) is 6.32. The first-order valence-corrected chi connectivity index (χ1v) is 13.1. The molecule has 2 fully saturated rings. The molecular formula is C24H35N3O4S. The van der Waals surface area contributed by atoms with Crippen LogP contribution in [0.4, 0.5) is 0 Å². The fourth-order valence-corrected chi connectivity index (χ4v) is 5.53. The van der Waals surface area contributed by atoms with E-state index >= 15 is 0 Å². The minimum Gasteiger partial charge on any atom is -0.356 e. The highest BCUT2D eigenvalue weighted by atomic mass is 32.2. The number of carbonyl (C=O) groups excluding carboxylic acids is 2. The van der Waals surface area contributed by atoms with Crippen LogP contribution < -0.4 is 5.32 Å². The van der Waals surface area contributed by atoms with Gasteiger partial charge in [0.25, 0.3) is 0 Å². The summed E-state index contributed by atoms with van der Waals surface area (Å²) in [6, 6.07) is 9.34. The first-order valence-electron chi connectivity index (χ1n) is 11.6. The summed E-state index contributed by atoms with van der Waals surface area (Å²) in [6.07, 6.45) is 4.64. The van der Waals surface area contributed by atoms with E-state index in [0.717, 1.165) is 24.9 Å². The van der Waals surface area contributed by atoms with Crippen molar-refractivity contribution in [3.63, 3.8) is 0 Å². The normalized spacial score (nSPS) is 21.2. The molecule has 2 saturated heterocycles. The average Bonchev–Trinajstić information content (AvgIpc) is 2.81. The number of hydrogen-bond donors (Lipinski definition) is 1. The Kier molecular flexibility index (Phi) is 8.48. The Morgan fingerprint density at radius 1 is 1.09 bits per heavy atom. The van der Waals surface area contributed by atoms with Crippen LogP contribution in [0.25, 0.3) is 6.08 Å². The van der Waals surface area contributed by atoms with Crippen molar-refractivity contribution < 1.29 is 18.0 Å². The van der Waals surface area contributed by atoms with E-state index in [1.54, 1.807) is 6.08 Å². The second-order valence-corrected chi connectivity index (χ2v) is 10.9. The van der Waals surface area contributed by atoms with E-state index in [1.807, 2.05) is 49.1 Å². The third kappa shape index (κ3) is 6.65. The fourth-order valence-electron chi connectivity index (χ4n) is 4.31.